The molecule has 0 saturated heterocycles. The largest absolute Gasteiger partial charge is 0.476 e. The fourth-order valence-electron chi connectivity index (χ4n) is 2.01. The fraction of sp³-hybridized carbons (Fsp3) is 0.750. The molecule has 18 heavy (non-hydrogen) atoms. The van der Waals surface area contributed by atoms with Gasteiger partial charge in [0.25, 0.3) is 0 Å². The normalized spacial score (nSPS) is 15.2. The maximum Gasteiger partial charge on any atom is 0.358 e. The van der Waals surface area contributed by atoms with Gasteiger partial charge in [-0.15, -0.1) is 5.10 Å². The number of carboxylic acid groups (broad SMARTS) is 1. The van der Waals surface area contributed by atoms with Crippen LogP contribution in [0.4, 0.5) is 0 Å². The van der Waals surface area contributed by atoms with Gasteiger partial charge >= 0.3 is 5.97 Å². The third-order valence-electron chi connectivity index (χ3n) is 3.24. The highest BCUT2D eigenvalue weighted by molar-refractivity contribution is 5.84. The number of unbranched alkanes of at least 4 members (excludes halogenated alkanes) is 1. The molecule has 1 fully saturated rings. The van der Waals surface area contributed by atoms with E-state index in [1.54, 1.807) is 4.68 Å². The first-order chi connectivity index (χ1) is 8.70. The van der Waals surface area contributed by atoms with Crippen LogP contribution >= 0.6 is 0 Å². The lowest BCUT2D eigenvalue weighted by atomic mass is 10.3. The van der Waals surface area contributed by atoms with Crippen molar-refractivity contribution >= 4 is 5.97 Å². The van der Waals surface area contributed by atoms with Crippen LogP contribution in [0.3, 0.4) is 0 Å². The molecule has 1 saturated carbocycles. The van der Waals surface area contributed by atoms with Crippen molar-refractivity contribution in [1.29, 1.82) is 0 Å². The molecule has 100 valence electrons. The first-order valence-electron chi connectivity index (χ1n) is 6.58. The van der Waals surface area contributed by atoms with Crippen LogP contribution in [0.15, 0.2) is 6.20 Å². The van der Waals surface area contributed by atoms with Gasteiger partial charge in [0.05, 0.1) is 12.7 Å². The summed E-state index contributed by atoms with van der Waals surface area (Å²) in [6, 6.07) is 0.735. The number of nitrogens with zero attached hydrogens (tertiary/aromatic N) is 4. The van der Waals surface area contributed by atoms with Crippen LogP contribution in [-0.2, 0) is 6.54 Å². The average Bonchev–Trinajstić information content (AvgIpc) is 3.07. The van der Waals surface area contributed by atoms with E-state index >= 15 is 0 Å². The first-order valence-corrected chi connectivity index (χ1v) is 6.58. The number of aromatic carboxylic acids is 1. The minimum atomic E-state index is -1.02. The highest BCUT2D eigenvalue weighted by atomic mass is 16.4. The quantitative estimate of drug-likeness (QED) is 0.753. The lowest BCUT2D eigenvalue weighted by molar-refractivity contribution is 0.0690. The molecule has 6 nitrogen and oxygen atoms in total. The van der Waals surface area contributed by atoms with Gasteiger partial charge in [-0.2, -0.15) is 0 Å². The number of rotatable bonds is 8. The minimum Gasteiger partial charge on any atom is -0.476 e. The predicted molar refractivity (Wildman–Crippen MR) is 66.5 cm³/mol. The van der Waals surface area contributed by atoms with E-state index in [2.05, 4.69) is 22.1 Å². The van der Waals surface area contributed by atoms with Crippen molar-refractivity contribution in [1.82, 2.24) is 19.9 Å². The van der Waals surface area contributed by atoms with Crippen molar-refractivity contribution in [2.75, 3.05) is 13.1 Å². The number of carboxylic acids is 1. The molecule has 0 bridgehead atoms. The Labute approximate surface area is 107 Å². The number of hydrogen-bond donors (Lipinski definition) is 1. The summed E-state index contributed by atoms with van der Waals surface area (Å²) in [5, 5.41) is 16.2. The predicted octanol–water partition coefficient (Wildman–Crippen LogP) is 1.24. The molecule has 2 rings (SSSR count). The van der Waals surface area contributed by atoms with Crippen LogP contribution in [0.25, 0.3) is 0 Å². The van der Waals surface area contributed by atoms with Crippen LogP contribution in [0.1, 0.15) is 43.1 Å². The van der Waals surface area contributed by atoms with E-state index in [0.717, 1.165) is 19.1 Å². The van der Waals surface area contributed by atoms with Gasteiger partial charge in [0.1, 0.15) is 0 Å². The Balaban J connectivity index is 1.82. The molecule has 0 aliphatic heterocycles. The molecule has 0 radical (unpaired) electrons. The third kappa shape index (κ3) is 3.53. The van der Waals surface area contributed by atoms with Gasteiger partial charge in [0.2, 0.25) is 0 Å². The molecule has 1 N–H and O–H groups in total. The molecular formula is C12H20N4O2. The monoisotopic (exact) mass is 252 g/mol. The van der Waals surface area contributed by atoms with Crippen molar-refractivity contribution in [3.05, 3.63) is 11.9 Å². The van der Waals surface area contributed by atoms with Crippen molar-refractivity contribution in [2.24, 2.45) is 0 Å². The Morgan fingerprint density at radius 1 is 1.56 bits per heavy atom. The van der Waals surface area contributed by atoms with Crippen molar-refractivity contribution in [3.63, 3.8) is 0 Å². The van der Waals surface area contributed by atoms with Crippen molar-refractivity contribution < 1.29 is 9.90 Å². The van der Waals surface area contributed by atoms with Gasteiger partial charge < -0.3 is 5.11 Å². The molecule has 6 heteroatoms. The highest BCUT2D eigenvalue weighted by Gasteiger charge is 2.28. The standard InChI is InChI=1S/C12H20N4O2/c1-2-3-6-15(10-4-5-10)7-8-16-9-11(12(17)18)13-14-16/h9-10H,2-8H2,1H3,(H,17,18). The van der Waals surface area contributed by atoms with E-state index in [9.17, 15) is 4.79 Å². The van der Waals surface area contributed by atoms with Crippen molar-refractivity contribution in [2.45, 2.75) is 45.2 Å². The second-order valence-corrected chi connectivity index (χ2v) is 4.79. The lowest BCUT2D eigenvalue weighted by Crippen LogP contribution is -2.30. The van der Waals surface area contributed by atoms with Crippen LogP contribution < -0.4 is 0 Å². The highest BCUT2D eigenvalue weighted by Crippen LogP contribution is 2.26. The summed E-state index contributed by atoms with van der Waals surface area (Å²) in [6.45, 7) is 4.96. The maximum atomic E-state index is 10.7. The van der Waals surface area contributed by atoms with Crippen LogP contribution in [0, 0.1) is 0 Å². The lowest BCUT2D eigenvalue weighted by Gasteiger charge is -2.21. The fourth-order valence-corrected chi connectivity index (χ4v) is 2.01. The molecule has 1 aliphatic carbocycles. The van der Waals surface area contributed by atoms with Gasteiger partial charge in [0.15, 0.2) is 5.69 Å². The Hall–Kier alpha value is -1.43. The molecule has 1 aromatic heterocycles. The Kier molecular flexibility index (Phi) is 4.30. The van der Waals surface area contributed by atoms with Crippen LogP contribution in [0.2, 0.25) is 0 Å². The molecule has 1 heterocycles. The van der Waals surface area contributed by atoms with Gasteiger partial charge in [-0.3, -0.25) is 9.58 Å². The van der Waals surface area contributed by atoms with E-state index in [1.165, 1.54) is 31.9 Å². The zero-order chi connectivity index (χ0) is 13.0. The molecule has 0 amide bonds. The molecule has 0 spiro atoms. The summed E-state index contributed by atoms with van der Waals surface area (Å²) in [5.74, 6) is -1.02. The summed E-state index contributed by atoms with van der Waals surface area (Å²) in [6.07, 6.45) is 6.50. The van der Waals surface area contributed by atoms with E-state index in [4.69, 9.17) is 5.11 Å². The van der Waals surface area contributed by atoms with E-state index in [0.29, 0.717) is 6.54 Å². The molecule has 0 atom stereocenters. The number of carbonyl (C=O) groups is 1. The van der Waals surface area contributed by atoms with Crippen molar-refractivity contribution in [3.8, 4) is 0 Å². The van der Waals surface area contributed by atoms with Gasteiger partial charge in [0, 0.05) is 12.6 Å². The molecule has 1 aliphatic rings. The SMILES string of the molecule is CCCCN(CCn1cc(C(=O)O)nn1)C1CC1. The summed E-state index contributed by atoms with van der Waals surface area (Å²) in [7, 11) is 0. The Bertz CT molecular complexity index is 401. The Morgan fingerprint density at radius 3 is 2.89 bits per heavy atom. The second kappa shape index (κ2) is 5.95. The zero-order valence-electron chi connectivity index (χ0n) is 10.7. The van der Waals surface area contributed by atoms with Gasteiger partial charge in [-0.1, -0.05) is 18.6 Å². The molecule has 0 aromatic carbocycles. The Morgan fingerprint density at radius 2 is 2.33 bits per heavy atom. The van der Waals surface area contributed by atoms with Gasteiger partial charge in [-0.05, 0) is 25.8 Å². The van der Waals surface area contributed by atoms with E-state index < -0.39 is 5.97 Å². The number of aromatic nitrogens is 3. The first kappa shape index (κ1) is 13.0. The van der Waals surface area contributed by atoms with E-state index in [1.807, 2.05) is 0 Å². The topological polar surface area (TPSA) is 71.2 Å². The average molecular weight is 252 g/mol. The minimum absolute atomic E-state index is 0.0153. The smallest absolute Gasteiger partial charge is 0.358 e. The second-order valence-electron chi connectivity index (χ2n) is 4.79. The molecule has 1 aromatic rings. The third-order valence-corrected chi connectivity index (χ3v) is 3.24. The van der Waals surface area contributed by atoms with E-state index in [-0.39, 0.29) is 5.69 Å². The van der Waals surface area contributed by atoms with Crippen LogP contribution in [-0.4, -0.2) is 50.1 Å². The summed E-state index contributed by atoms with van der Waals surface area (Å²) >= 11 is 0. The number of hydrogen-bond acceptors (Lipinski definition) is 4. The summed E-state index contributed by atoms with van der Waals surface area (Å²) < 4.78 is 1.62. The maximum absolute atomic E-state index is 10.7. The molecule has 0 unspecified atom stereocenters. The van der Waals surface area contributed by atoms with Gasteiger partial charge in [-0.25, -0.2) is 4.79 Å². The molecular weight excluding hydrogens is 232 g/mol. The summed E-state index contributed by atoms with van der Waals surface area (Å²) in [4.78, 5) is 13.2. The zero-order valence-corrected chi connectivity index (χ0v) is 10.7. The summed E-state index contributed by atoms with van der Waals surface area (Å²) in [5.41, 5.74) is 0.0153. The van der Waals surface area contributed by atoms with Crippen LogP contribution in [0.5, 0.6) is 0 Å².